The van der Waals surface area contributed by atoms with E-state index in [9.17, 15) is 9.59 Å². The van der Waals surface area contributed by atoms with Gasteiger partial charge in [0, 0.05) is 9.26 Å². The van der Waals surface area contributed by atoms with Crippen LogP contribution in [-0.2, 0) is 0 Å². The van der Waals surface area contributed by atoms with E-state index in [-0.39, 0.29) is 6.54 Å². The lowest BCUT2D eigenvalue weighted by molar-refractivity contribution is 0.177. The molecule has 0 spiro atoms. The Hall–Kier alpha value is -1.84. The van der Waals surface area contributed by atoms with Crippen molar-refractivity contribution in [2.24, 2.45) is 5.10 Å². The first-order chi connectivity index (χ1) is 9.04. The molecule has 0 radical (unpaired) electrons. The minimum absolute atomic E-state index is 0.256. The van der Waals surface area contributed by atoms with Crippen LogP contribution in [0.1, 0.15) is 6.92 Å². The van der Waals surface area contributed by atoms with Gasteiger partial charge in [0.15, 0.2) is 0 Å². The normalized spacial score (nSPS) is 14.5. The monoisotopic (exact) mass is 373 g/mol. The highest BCUT2D eigenvalue weighted by Crippen LogP contribution is 2.10. The van der Waals surface area contributed by atoms with Crippen LogP contribution in [-0.4, -0.2) is 29.3 Å². The molecule has 0 saturated carbocycles. The summed E-state index contributed by atoms with van der Waals surface area (Å²) in [5, 5.41) is 7.56. The summed E-state index contributed by atoms with van der Waals surface area (Å²) in [5.41, 5.74) is 6.10. The molecule has 0 saturated heterocycles. The van der Waals surface area contributed by atoms with Gasteiger partial charge in [-0.2, -0.15) is 5.10 Å². The number of hydrazone groups is 1. The minimum Gasteiger partial charge on any atom is -0.307 e. The number of carbonyl (C=O) groups excluding carboxylic acids is 2. The standard InChI is InChI=1S/C11H12IN5O2/c1-7-6-17(11(19)15-14-7)16-10(18)13-9-4-2-8(12)3-5-9/h2-5H,6H2,1H3,(H,15,19)(H2,13,16,18). The third-order valence-corrected chi connectivity index (χ3v) is 3.03. The Morgan fingerprint density at radius 3 is 2.79 bits per heavy atom. The van der Waals surface area contributed by atoms with E-state index in [1.54, 1.807) is 19.1 Å². The molecule has 4 amide bonds. The Bertz CT molecular complexity index is 528. The largest absolute Gasteiger partial charge is 0.356 e. The lowest BCUT2D eigenvalue weighted by Crippen LogP contribution is -2.55. The number of carbonyl (C=O) groups is 2. The van der Waals surface area contributed by atoms with Gasteiger partial charge in [0.1, 0.15) is 0 Å². The van der Waals surface area contributed by atoms with Crippen molar-refractivity contribution in [3.63, 3.8) is 0 Å². The Morgan fingerprint density at radius 1 is 1.42 bits per heavy atom. The van der Waals surface area contributed by atoms with Crippen molar-refractivity contribution in [3.05, 3.63) is 27.8 Å². The highest BCUT2D eigenvalue weighted by Gasteiger charge is 2.20. The van der Waals surface area contributed by atoms with Crippen molar-refractivity contribution >= 4 is 46.1 Å². The first kappa shape index (κ1) is 13.6. The summed E-state index contributed by atoms with van der Waals surface area (Å²) in [7, 11) is 0. The average Bonchev–Trinajstić information content (AvgIpc) is 2.37. The second kappa shape index (κ2) is 5.87. The summed E-state index contributed by atoms with van der Waals surface area (Å²) in [6.45, 7) is 2.01. The molecule has 3 N–H and O–H groups in total. The van der Waals surface area contributed by atoms with Crippen LogP contribution >= 0.6 is 22.6 Å². The Labute approximate surface area is 123 Å². The molecule has 100 valence electrons. The zero-order valence-corrected chi connectivity index (χ0v) is 12.3. The van der Waals surface area contributed by atoms with Gasteiger partial charge in [-0.25, -0.2) is 25.4 Å². The van der Waals surface area contributed by atoms with Gasteiger partial charge < -0.3 is 5.32 Å². The number of halogens is 1. The number of amides is 4. The summed E-state index contributed by atoms with van der Waals surface area (Å²) in [5.74, 6) is 0. The van der Waals surface area contributed by atoms with Gasteiger partial charge in [-0.1, -0.05) is 0 Å². The average molecular weight is 373 g/mol. The van der Waals surface area contributed by atoms with E-state index in [2.05, 4.69) is 43.9 Å². The SMILES string of the molecule is CC1=NNC(=O)N(NC(=O)Nc2ccc(I)cc2)C1. The van der Waals surface area contributed by atoms with Gasteiger partial charge in [-0.05, 0) is 53.8 Å². The fourth-order valence-electron chi connectivity index (χ4n) is 1.44. The van der Waals surface area contributed by atoms with Crippen molar-refractivity contribution in [2.75, 3.05) is 11.9 Å². The maximum atomic E-state index is 11.7. The summed E-state index contributed by atoms with van der Waals surface area (Å²) in [6, 6.07) is 6.37. The van der Waals surface area contributed by atoms with Crippen LogP contribution in [0.4, 0.5) is 15.3 Å². The van der Waals surface area contributed by atoms with Gasteiger partial charge in [0.2, 0.25) is 0 Å². The lowest BCUT2D eigenvalue weighted by atomic mass is 10.3. The quantitative estimate of drug-likeness (QED) is 0.690. The molecule has 0 aromatic heterocycles. The van der Waals surface area contributed by atoms with Crippen LogP contribution in [0.25, 0.3) is 0 Å². The molecule has 0 unspecified atom stereocenters. The summed E-state index contributed by atoms with van der Waals surface area (Å²) in [6.07, 6.45) is 0. The van der Waals surface area contributed by atoms with Crippen LogP contribution < -0.4 is 16.2 Å². The Kier molecular flexibility index (Phi) is 4.20. The molecule has 0 atom stereocenters. The minimum atomic E-state index is -0.481. The fourth-order valence-corrected chi connectivity index (χ4v) is 1.80. The summed E-state index contributed by atoms with van der Waals surface area (Å²) >= 11 is 2.18. The lowest BCUT2D eigenvalue weighted by Gasteiger charge is -2.25. The van der Waals surface area contributed by atoms with Gasteiger partial charge in [0.25, 0.3) is 0 Å². The Morgan fingerprint density at radius 2 is 2.11 bits per heavy atom. The van der Waals surface area contributed by atoms with E-state index in [1.807, 2.05) is 12.1 Å². The molecule has 1 heterocycles. The van der Waals surface area contributed by atoms with Crippen LogP contribution in [0.5, 0.6) is 0 Å². The molecule has 8 heteroatoms. The van der Waals surface area contributed by atoms with E-state index < -0.39 is 12.1 Å². The maximum Gasteiger partial charge on any atom is 0.356 e. The van der Waals surface area contributed by atoms with Crippen molar-refractivity contribution in [3.8, 4) is 0 Å². The van der Waals surface area contributed by atoms with Crippen LogP contribution in [0.15, 0.2) is 29.4 Å². The van der Waals surface area contributed by atoms with Crippen LogP contribution in [0.2, 0.25) is 0 Å². The maximum absolute atomic E-state index is 11.7. The number of nitrogens with one attached hydrogen (secondary N) is 3. The van der Waals surface area contributed by atoms with Crippen molar-refractivity contribution in [1.29, 1.82) is 0 Å². The van der Waals surface area contributed by atoms with Gasteiger partial charge >= 0.3 is 12.1 Å². The predicted molar refractivity (Wildman–Crippen MR) is 79.7 cm³/mol. The molecule has 7 nitrogen and oxygen atoms in total. The van der Waals surface area contributed by atoms with E-state index in [1.165, 1.54) is 0 Å². The van der Waals surface area contributed by atoms with Crippen molar-refractivity contribution < 1.29 is 9.59 Å². The molecule has 0 bridgehead atoms. The number of hydrogen-bond acceptors (Lipinski definition) is 3. The van der Waals surface area contributed by atoms with E-state index in [0.29, 0.717) is 11.4 Å². The van der Waals surface area contributed by atoms with Gasteiger partial charge in [0.05, 0.1) is 12.3 Å². The second-order valence-corrected chi connectivity index (χ2v) is 5.17. The predicted octanol–water partition coefficient (Wildman–Crippen LogP) is 1.73. The molecule has 0 fully saturated rings. The molecule has 1 aromatic carbocycles. The number of hydrazine groups is 1. The van der Waals surface area contributed by atoms with Gasteiger partial charge in [-0.15, -0.1) is 0 Å². The molecular formula is C11H12IN5O2. The molecule has 19 heavy (non-hydrogen) atoms. The summed E-state index contributed by atoms with van der Waals surface area (Å²) in [4.78, 5) is 23.2. The molecular weight excluding hydrogens is 361 g/mol. The molecule has 1 aromatic rings. The van der Waals surface area contributed by atoms with Gasteiger partial charge in [-0.3, -0.25) is 0 Å². The number of hydrogen-bond donors (Lipinski definition) is 3. The molecule has 1 aliphatic heterocycles. The molecule has 2 rings (SSSR count). The van der Waals surface area contributed by atoms with E-state index >= 15 is 0 Å². The third-order valence-electron chi connectivity index (χ3n) is 2.31. The zero-order chi connectivity index (χ0) is 13.8. The molecule has 0 aliphatic carbocycles. The number of rotatable bonds is 2. The third kappa shape index (κ3) is 3.81. The molecule has 1 aliphatic rings. The summed E-state index contributed by atoms with van der Waals surface area (Å²) < 4.78 is 1.07. The van der Waals surface area contributed by atoms with E-state index in [4.69, 9.17) is 0 Å². The Balaban J connectivity index is 1.92. The van der Waals surface area contributed by atoms with E-state index in [0.717, 1.165) is 8.58 Å². The number of benzene rings is 1. The highest BCUT2D eigenvalue weighted by molar-refractivity contribution is 14.1. The highest BCUT2D eigenvalue weighted by atomic mass is 127. The fraction of sp³-hybridized carbons (Fsp3) is 0.182. The second-order valence-electron chi connectivity index (χ2n) is 3.92. The number of anilines is 1. The van der Waals surface area contributed by atoms with Crippen molar-refractivity contribution in [2.45, 2.75) is 6.92 Å². The number of nitrogens with zero attached hydrogens (tertiary/aromatic N) is 2. The smallest absolute Gasteiger partial charge is 0.307 e. The topological polar surface area (TPSA) is 85.8 Å². The first-order valence-corrected chi connectivity index (χ1v) is 6.56. The first-order valence-electron chi connectivity index (χ1n) is 5.48. The van der Waals surface area contributed by atoms with Crippen molar-refractivity contribution in [1.82, 2.24) is 15.9 Å². The zero-order valence-electron chi connectivity index (χ0n) is 10.1. The number of urea groups is 2. The van der Waals surface area contributed by atoms with Crippen LogP contribution in [0.3, 0.4) is 0 Å². The van der Waals surface area contributed by atoms with Crippen LogP contribution in [0, 0.1) is 3.57 Å².